The quantitative estimate of drug-likeness (QED) is 0.912. The second-order valence-corrected chi connectivity index (χ2v) is 5.47. The highest BCUT2D eigenvalue weighted by atomic mass is 19.1. The Labute approximate surface area is 114 Å². The van der Waals surface area contributed by atoms with Crippen LogP contribution in [0.25, 0.3) is 0 Å². The summed E-state index contributed by atoms with van der Waals surface area (Å²) in [6, 6.07) is 5.40. The van der Waals surface area contributed by atoms with Gasteiger partial charge >= 0.3 is 0 Å². The van der Waals surface area contributed by atoms with Crippen molar-refractivity contribution in [3.05, 3.63) is 35.1 Å². The lowest BCUT2D eigenvalue weighted by atomic mass is 10.0. The van der Waals surface area contributed by atoms with Gasteiger partial charge in [0.1, 0.15) is 5.82 Å². The van der Waals surface area contributed by atoms with Crippen LogP contribution in [0.3, 0.4) is 0 Å². The summed E-state index contributed by atoms with van der Waals surface area (Å²) in [4.78, 5) is 2.34. The molecule has 1 fully saturated rings. The summed E-state index contributed by atoms with van der Waals surface area (Å²) >= 11 is 0. The predicted molar refractivity (Wildman–Crippen MR) is 74.5 cm³/mol. The summed E-state index contributed by atoms with van der Waals surface area (Å²) in [5, 5.41) is 0. The van der Waals surface area contributed by atoms with Gasteiger partial charge in [0.15, 0.2) is 0 Å². The number of morpholine rings is 1. The average Bonchev–Trinajstić information content (AvgIpc) is 2.33. The van der Waals surface area contributed by atoms with Crippen LogP contribution in [0.1, 0.15) is 31.0 Å². The van der Waals surface area contributed by atoms with Gasteiger partial charge in [-0.2, -0.15) is 0 Å². The molecule has 19 heavy (non-hydrogen) atoms. The third kappa shape index (κ3) is 3.32. The molecule has 0 spiro atoms. The molecule has 2 N–H and O–H groups in total. The molecule has 1 heterocycles. The highest BCUT2D eigenvalue weighted by molar-refractivity contribution is 5.27. The zero-order valence-electron chi connectivity index (χ0n) is 11.9. The van der Waals surface area contributed by atoms with Gasteiger partial charge in [-0.25, -0.2) is 4.39 Å². The van der Waals surface area contributed by atoms with Gasteiger partial charge in [0, 0.05) is 25.7 Å². The van der Waals surface area contributed by atoms with Crippen molar-refractivity contribution in [2.45, 2.75) is 39.0 Å². The van der Waals surface area contributed by atoms with Crippen molar-refractivity contribution in [1.82, 2.24) is 4.90 Å². The maximum absolute atomic E-state index is 13.4. The molecule has 0 saturated carbocycles. The van der Waals surface area contributed by atoms with Gasteiger partial charge in [-0.3, -0.25) is 4.90 Å². The van der Waals surface area contributed by atoms with E-state index in [-0.39, 0.29) is 24.1 Å². The van der Waals surface area contributed by atoms with E-state index in [1.54, 1.807) is 6.92 Å². The number of rotatable bonds is 3. The monoisotopic (exact) mass is 266 g/mol. The first-order chi connectivity index (χ1) is 9.01. The molecule has 0 aromatic heterocycles. The Balaban J connectivity index is 2.21. The number of ether oxygens (including phenoxy) is 1. The minimum Gasteiger partial charge on any atom is -0.373 e. The van der Waals surface area contributed by atoms with Crippen LogP contribution in [0, 0.1) is 12.7 Å². The number of hydrogen-bond donors (Lipinski definition) is 1. The normalized spacial score (nSPS) is 26.4. The lowest BCUT2D eigenvalue weighted by molar-refractivity contribution is -0.0799. The van der Waals surface area contributed by atoms with Gasteiger partial charge in [-0.1, -0.05) is 12.1 Å². The lowest BCUT2D eigenvalue weighted by Gasteiger charge is -2.40. The molecule has 1 aliphatic heterocycles. The van der Waals surface area contributed by atoms with Gasteiger partial charge in [-0.15, -0.1) is 0 Å². The van der Waals surface area contributed by atoms with Crippen LogP contribution in [0.5, 0.6) is 0 Å². The van der Waals surface area contributed by atoms with Crippen molar-refractivity contribution >= 4 is 0 Å². The van der Waals surface area contributed by atoms with Crippen molar-refractivity contribution in [2.24, 2.45) is 5.73 Å². The second-order valence-electron chi connectivity index (χ2n) is 5.47. The fourth-order valence-corrected chi connectivity index (χ4v) is 2.84. The largest absolute Gasteiger partial charge is 0.373 e. The summed E-state index contributed by atoms with van der Waals surface area (Å²) in [6.07, 6.45) is 0.415. The minimum atomic E-state index is -0.164. The highest BCUT2D eigenvalue weighted by Crippen LogP contribution is 2.25. The second kappa shape index (κ2) is 5.99. The Hall–Kier alpha value is -0.970. The Morgan fingerprint density at radius 3 is 2.53 bits per heavy atom. The molecule has 4 heteroatoms. The lowest BCUT2D eigenvalue weighted by Crippen LogP contribution is -2.48. The molecule has 0 bridgehead atoms. The van der Waals surface area contributed by atoms with Crippen LogP contribution in [0.4, 0.5) is 4.39 Å². The number of benzene rings is 1. The fraction of sp³-hybridized carbons (Fsp3) is 0.600. The fourth-order valence-electron chi connectivity index (χ4n) is 2.84. The molecule has 1 unspecified atom stereocenters. The molecule has 0 radical (unpaired) electrons. The third-order valence-electron chi connectivity index (χ3n) is 3.68. The molecule has 1 saturated heterocycles. The van der Waals surface area contributed by atoms with E-state index in [0.717, 1.165) is 18.7 Å². The standard InChI is InChI=1S/C15H23FN2O/c1-10-6-13(4-5-14(10)16)15(7-17)18-8-11(2)19-12(3)9-18/h4-6,11-12,15H,7-9,17H2,1-3H3/t11-,12+,15?. The van der Waals surface area contributed by atoms with Crippen LogP contribution in [0.15, 0.2) is 18.2 Å². The van der Waals surface area contributed by atoms with E-state index in [0.29, 0.717) is 12.1 Å². The topological polar surface area (TPSA) is 38.5 Å². The first-order valence-electron chi connectivity index (χ1n) is 6.87. The van der Waals surface area contributed by atoms with Gasteiger partial charge in [0.2, 0.25) is 0 Å². The van der Waals surface area contributed by atoms with Crippen molar-refractivity contribution in [2.75, 3.05) is 19.6 Å². The summed E-state index contributed by atoms with van der Waals surface area (Å²) in [6.45, 7) is 8.20. The van der Waals surface area contributed by atoms with E-state index in [9.17, 15) is 4.39 Å². The Morgan fingerprint density at radius 2 is 2.00 bits per heavy atom. The number of nitrogens with zero attached hydrogens (tertiary/aromatic N) is 1. The zero-order chi connectivity index (χ0) is 14.0. The van der Waals surface area contributed by atoms with Crippen LogP contribution >= 0.6 is 0 Å². The van der Waals surface area contributed by atoms with E-state index < -0.39 is 0 Å². The van der Waals surface area contributed by atoms with E-state index in [1.165, 1.54) is 6.07 Å². The number of nitrogens with two attached hydrogens (primary N) is 1. The van der Waals surface area contributed by atoms with Crippen molar-refractivity contribution in [3.63, 3.8) is 0 Å². The number of halogens is 1. The van der Waals surface area contributed by atoms with E-state index in [1.807, 2.05) is 12.1 Å². The van der Waals surface area contributed by atoms with Crippen molar-refractivity contribution < 1.29 is 9.13 Å². The first kappa shape index (κ1) is 14.4. The summed E-state index contributed by atoms with van der Waals surface area (Å²) in [5.74, 6) is -0.164. The third-order valence-corrected chi connectivity index (χ3v) is 3.68. The molecule has 0 amide bonds. The first-order valence-corrected chi connectivity index (χ1v) is 6.87. The molecule has 1 aliphatic rings. The highest BCUT2D eigenvalue weighted by Gasteiger charge is 2.28. The number of hydrogen-bond acceptors (Lipinski definition) is 3. The minimum absolute atomic E-state index is 0.132. The van der Waals surface area contributed by atoms with E-state index in [4.69, 9.17) is 10.5 Å². The van der Waals surface area contributed by atoms with Gasteiger partial charge < -0.3 is 10.5 Å². The smallest absolute Gasteiger partial charge is 0.126 e. The average molecular weight is 266 g/mol. The Morgan fingerprint density at radius 1 is 1.37 bits per heavy atom. The number of aryl methyl sites for hydroxylation is 1. The molecule has 3 nitrogen and oxygen atoms in total. The van der Waals surface area contributed by atoms with Crippen LogP contribution in [0.2, 0.25) is 0 Å². The van der Waals surface area contributed by atoms with Crippen LogP contribution in [-0.4, -0.2) is 36.7 Å². The SMILES string of the molecule is Cc1cc(C(CN)N2C[C@@H](C)O[C@@H](C)C2)ccc1F. The van der Waals surface area contributed by atoms with Gasteiger partial charge in [-0.05, 0) is 38.0 Å². The van der Waals surface area contributed by atoms with Gasteiger partial charge in [0.25, 0.3) is 0 Å². The zero-order valence-corrected chi connectivity index (χ0v) is 11.9. The molecule has 0 aliphatic carbocycles. The Kier molecular flexibility index (Phi) is 4.55. The van der Waals surface area contributed by atoms with Crippen molar-refractivity contribution in [1.29, 1.82) is 0 Å². The maximum Gasteiger partial charge on any atom is 0.126 e. The molecule has 106 valence electrons. The summed E-state index contributed by atoms with van der Waals surface area (Å²) in [5.41, 5.74) is 7.70. The molecular formula is C15H23FN2O. The van der Waals surface area contributed by atoms with Gasteiger partial charge in [0.05, 0.1) is 12.2 Å². The maximum atomic E-state index is 13.4. The Bertz CT molecular complexity index is 428. The molecule has 1 aromatic rings. The molecule has 2 rings (SSSR count). The van der Waals surface area contributed by atoms with E-state index in [2.05, 4.69) is 18.7 Å². The van der Waals surface area contributed by atoms with Crippen LogP contribution < -0.4 is 5.73 Å². The molecule has 3 atom stereocenters. The molecular weight excluding hydrogens is 243 g/mol. The van der Waals surface area contributed by atoms with Crippen LogP contribution in [-0.2, 0) is 4.74 Å². The van der Waals surface area contributed by atoms with Crippen molar-refractivity contribution in [3.8, 4) is 0 Å². The van der Waals surface area contributed by atoms with E-state index >= 15 is 0 Å². The predicted octanol–water partition coefficient (Wildman–Crippen LogP) is 2.24. The summed E-state index contributed by atoms with van der Waals surface area (Å²) < 4.78 is 19.1. The summed E-state index contributed by atoms with van der Waals surface area (Å²) in [7, 11) is 0. The molecule has 1 aromatic carbocycles.